The lowest BCUT2D eigenvalue weighted by Crippen LogP contribution is -2.42. The number of amides is 1. The van der Waals surface area contributed by atoms with E-state index < -0.39 is 12.0 Å². The van der Waals surface area contributed by atoms with Crippen molar-refractivity contribution in [2.45, 2.75) is 19.4 Å². The van der Waals surface area contributed by atoms with Crippen molar-refractivity contribution in [2.24, 2.45) is 4.99 Å². The highest BCUT2D eigenvalue weighted by Crippen LogP contribution is 2.48. The first-order chi connectivity index (χ1) is 19.0. The molecule has 3 aliphatic rings. The number of aliphatic imine (C=N–C) groups is 1. The maximum absolute atomic E-state index is 13.4. The molecule has 0 aromatic heterocycles. The van der Waals surface area contributed by atoms with Crippen molar-refractivity contribution in [3.05, 3.63) is 46.1 Å². The molecule has 0 radical (unpaired) electrons. The lowest BCUT2D eigenvalue weighted by molar-refractivity contribution is -0.141. The first kappa shape index (κ1) is 28.9. The molecule has 12 heteroatoms. The van der Waals surface area contributed by atoms with Crippen LogP contribution >= 0.6 is 11.8 Å². The van der Waals surface area contributed by atoms with Crippen molar-refractivity contribution in [3.8, 4) is 11.5 Å². The van der Waals surface area contributed by atoms with Crippen LogP contribution in [0, 0.1) is 0 Å². The van der Waals surface area contributed by atoms with Crippen LogP contribution in [0.25, 0.3) is 0 Å². The fourth-order valence-corrected chi connectivity index (χ4v) is 5.72. The third-order valence-electron chi connectivity index (χ3n) is 6.66. The van der Waals surface area contributed by atoms with E-state index >= 15 is 0 Å². The van der Waals surface area contributed by atoms with E-state index in [0.29, 0.717) is 53.3 Å². The van der Waals surface area contributed by atoms with Gasteiger partial charge < -0.3 is 33.9 Å². The van der Waals surface area contributed by atoms with Gasteiger partial charge in [0, 0.05) is 44.5 Å². The minimum absolute atomic E-state index is 0.105. The zero-order valence-electron chi connectivity index (χ0n) is 22.9. The Bertz CT molecular complexity index is 1150. The number of para-hydroxylation sites is 1. The number of amidine groups is 1. The topological polar surface area (TPSA) is 111 Å². The van der Waals surface area contributed by atoms with E-state index in [2.05, 4.69) is 10.2 Å². The summed E-state index contributed by atoms with van der Waals surface area (Å²) in [6.45, 7) is 6.64. The third kappa shape index (κ3) is 6.75. The molecule has 0 saturated carbocycles. The summed E-state index contributed by atoms with van der Waals surface area (Å²) >= 11 is 1.42. The molecule has 0 spiro atoms. The van der Waals surface area contributed by atoms with E-state index in [9.17, 15) is 9.59 Å². The van der Waals surface area contributed by atoms with Crippen LogP contribution in [0.15, 0.2) is 45.6 Å². The van der Waals surface area contributed by atoms with Crippen molar-refractivity contribution in [2.75, 3.05) is 73.9 Å². The van der Waals surface area contributed by atoms with Crippen LogP contribution in [0.4, 0.5) is 0 Å². The minimum Gasteiger partial charge on any atom is -0.493 e. The van der Waals surface area contributed by atoms with E-state index in [1.807, 2.05) is 22.4 Å². The molecule has 1 fully saturated rings. The van der Waals surface area contributed by atoms with Gasteiger partial charge in [-0.1, -0.05) is 23.9 Å². The van der Waals surface area contributed by atoms with Crippen molar-refractivity contribution in [1.29, 1.82) is 0 Å². The average molecular weight is 561 g/mol. The fourth-order valence-electron chi connectivity index (χ4n) is 4.75. The second-order valence-electron chi connectivity index (χ2n) is 9.09. The number of carbonyl (C=O) groups is 2. The molecular weight excluding hydrogens is 524 g/mol. The van der Waals surface area contributed by atoms with Crippen LogP contribution in [-0.4, -0.2) is 101 Å². The minimum atomic E-state index is -0.639. The average Bonchev–Trinajstić information content (AvgIpc) is 3.33. The van der Waals surface area contributed by atoms with Crippen molar-refractivity contribution >= 4 is 28.8 Å². The number of allylic oxidation sites excluding steroid dienone is 1. The number of esters is 1. The third-order valence-corrected chi connectivity index (χ3v) is 7.55. The van der Waals surface area contributed by atoms with Gasteiger partial charge in [0.25, 0.3) is 0 Å². The lowest BCUT2D eigenvalue weighted by atomic mass is 9.92. The maximum Gasteiger partial charge on any atom is 0.338 e. The molecule has 1 atom stereocenters. The number of ether oxygens (including phenoxy) is 5. The van der Waals surface area contributed by atoms with Crippen molar-refractivity contribution in [1.82, 2.24) is 15.1 Å². The van der Waals surface area contributed by atoms with Gasteiger partial charge in [-0.3, -0.25) is 9.69 Å². The Hall–Kier alpha value is -3.06. The molecule has 1 amide bonds. The molecular formula is C27H36N4O7S. The summed E-state index contributed by atoms with van der Waals surface area (Å²) in [5.41, 5.74) is 2.33. The normalized spacial score (nSPS) is 19.3. The maximum atomic E-state index is 13.4. The molecule has 4 rings (SSSR count). The van der Waals surface area contributed by atoms with E-state index in [1.54, 1.807) is 34.3 Å². The van der Waals surface area contributed by atoms with E-state index in [1.165, 1.54) is 11.8 Å². The second kappa shape index (κ2) is 13.8. The largest absolute Gasteiger partial charge is 0.493 e. The van der Waals surface area contributed by atoms with Crippen LogP contribution in [0.3, 0.4) is 0 Å². The quantitative estimate of drug-likeness (QED) is 0.302. The van der Waals surface area contributed by atoms with Crippen LogP contribution in [-0.2, 0) is 23.8 Å². The number of carbonyl (C=O) groups excluding carboxylic acids is 2. The standard InChI is InChI=1S/C27H36N4O7S/c1-18-23(26(33)38-15-14-34-2)24(20-6-5-7-21(35-3)25(20)36-4)31-19(17-39-27(31)29-18)16-22(32)28-8-9-30-10-12-37-13-11-30/h5-7,17,24H,8-16H2,1-4H3,(H,28,32)/t24-/m1/s1. The molecule has 1 aromatic carbocycles. The summed E-state index contributed by atoms with van der Waals surface area (Å²) in [6.07, 6.45) is 0.128. The number of benzene rings is 1. The number of hydrogen-bond donors (Lipinski definition) is 1. The number of morpholine rings is 1. The first-order valence-electron chi connectivity index (χ1n) is 12.9. The summed E-state index contributed by atoms with van der Waals surface area (Å²) in [5.74, 6) is 0.408. The summed E-state index contributed by atoms with van der Waals surface area (Å²) in [4.78, 5) is 35.3. The van der Waals surface area contributed by atoms with Gasteiger partial charge in [-0.25, -0.2) is 9.79 Å². The smallest absolute Gasteiger partial charge is 0.338 e. The second-order valence-corrected chi connectivity index (χ2v) is 9.92. The van der Waals surface area contributed by atoms with Gasteiger partial charge in [0.05, 0.1) is 57.8 Å². The Morgan fingerprint density at radius 1 is 1.15 bits per heavy atom. The molecule has 3 heterocycles. The zero-order valence-corrected chi connectivity index (χ0v) is 23.7. The summed E-state index contributed by atoms with van der Waals surface area (Å²) in [5, 5.41) is 5.61. The Morgan fingerprint density at radius 2 is 1.95 bits per heavy atom. The Kier molecular flexibility index (Phi) is 10.3. The number of fused-ring (bicyclic) bond motifs is 1. The summed E-state index contributed by atoms with van der Waals surface area (Å²) in [6, 6.07) is 4.88. The van der Waals surface area contributed by atoms with E-state index in [0.717, 1.165) is 25.3 Å². The van der Waals surface area contributed by atoms with Gasteiger partial charge in [-0.2, -0.15) is 0 Å². The number of thioether (sulfide) groups is 1. The summed E-state index contributed by atoms with van der Waals surface area (Å²) < 4.78 is 27.3. The van der Waals surface area contributed by atoms with Crippen LogP contribution in [0.5, 0.6) is 11.5 Å². The highest BCUT2D eigenvalue weighted by molar-refractivity contribution is 8.16. The number of nitrogens with one attached hydrogen (secondary N) is 1. The predicted octanol–water partition coefficient (Wildman–Crippen LogP) is 2.31. The lowest BCUT2D eigenvalue weighted by Gasteiger charge is -2.37. The molecule has 39 heavy (non-hydrogen) atoms. The number of rotatable bonds is 12. The zero-order chi connectivity index (χ0) is 27.8. The van der Waals surface area contributed by atoms with Gasteiger partial charge in [0.1, 0.15) is 6.61 Å². The molecule has 0 bridgehead atoms. The van der Waals surface area contributed by atoms with E-state index in [4.69, 9.17) is 28.7 Å². The number of methoxy groups -OCH3 is 3. The monoisotopic (exact) mass is 560 g/mol. The molecule has 11 nitrogen and oxygen atoms in total. The van der Waals surface area contributed by atoms with Crippen molar-refractivity contribution < 1.29 is 33.3 Å². The van der Waals surface area contributed by atoms with Gasteiger partial charge >= 0.3 is 5.97 Å². The number of nitrogens with zero attached hydrogens (tertiary/aromatic N) is 3. The Morgan fingerprint density at radius 3 is 2.67 bits per heavy atom. The Balaban J connectivity index is 1.60. The van der Waals surface area contributed by atoms with Gasteiger partial charge in [-0.15, -0.1) is 0 Å². The molecule has 1 saturated heterocycles. The molecule has 212 valence electrons. The van der Waals surface area contributed by atoms with Gasteiger partial charge in [0.2, 0.25) is 5.91 Å². The number of hydrogen-bond acceptors (Lipinski definition) is 11. The highest BCUT2D eigenvalue weighted by Gasteiger charge is 2.42. The molecule has 3 aliphatic heterocycles. The van der Waals surface area contributed by atoms with Gasteiger partial charge in [0.15, 0.2) is 16.7 Å². The van der Waals surface area contributed by atoms with Gasteiger partial charge in [-0.05, 0) is 18.4 Å². The van der Waals surface area contributed by atoms with Crippen LogP contribution in [0.2, 0.25) is 0 Å². The fraction of sp³-hybridized carbons (Fsp3) is 0.519. The molecule has 1 aromatic rings. The molecule has 0 aliphatic carbocycles. The van der Waals surface area contributed by atoms with Crippen LogP contribution in [0.1, 0.15) is 24.9 Å². The first-order valence-corrected chi connectivity index (χ1v) is 13.7. The Labute approximate surface area is 233 Å². The highest BCUT2D eigenvalue weighted by atomic mass is 32.2. The predicted molar refractivity (Wildman–Crippen MR) is 148 cm³/mol. The summed E-state index contributed by atoms with van der Waals surface area (Å²) in [7, 11) is 4.67. The molecule has 1 N–H and O–H groups in total. The van der Waals surface area contributed by atoms with Crippen LogP contribution < -0.4 is 14.8 Å². The molecule has 0 unspecified atom stereocenters. The van der Waals surface area contributed by atoms with E-state index in [-0.39, 0.29) is 25.5 Å². The van der Waals surface area contributed by atoms with Crippen molar-refractivity contribution in [3.63, 3.8) is 0 Å². The SMILES string of the molecule is COCCOC(=O)C1=C(C)N=C2SC=C(CC(=O)NCCN3CCOCC3)N2[C@@H]1c1cccc(OC)c1OC.